The lowest BCUT2D eigenvalue weighted by atomic mass is 10.2. The van der Waals surface area contributed by atoms with Gasteiger partial charge < -0.3 is 19.5 Å². The molecule has 0 radical (unpaired) electrons. The van der Waals surface area contributed by atoms with Gasteiger partial charge in [-0.15, -0.1) is 22.7 Å². The number of anilines is 1. The molecule has 170 valence electrons. The Bertz CT molecular complexity index is 1310. The van der Waals surface area contributed by atoms with Crippen molar-refractivity contribution in [2.45, 2.75) is 13.3 Å². The summed E-state index contributed by atoms with van der Waals surface area (Å²) in [7, 11) is 3.18. The Morgan fingerprint density at radius 1 is 1.03 bits per heavy atom. The summed E-state index contributed by atoms with van der Waals surface area (Å²) in [5, 5.41) is 6.46. The highest BCUT2D eigenvalue weighted by Gasteiger charge is 2.14. The second-order valence-electron chi connectivity index (χ2n) is 7.02. The van der Waals surface area contributed by atoms with Crippen LogP contribution in [0.15, 0.2) is 47.8 Å². The van der Waals surface area contributed by atoms with Gasteiger partial charge in [0, 0.05) is 21.3 Å². The quantitative estimate of drug-likeness (QED) is 0.339. The molecule has 1 amide bonds. The third-order valence-corrected chi connectivity index (χ3v) is 6.84. The zero-order chi connectivity index (χ0) is 23.4. The molecule has 7 nitrogen and oxygen atoms in total. The molecule has 0 saturated carbocycles. The first-order valence-electron chi connectivity index (χ1n) is 10.2. The number of fused-ring (bicyclic) bond motifs is 1. The summed E-state index contributed by atoms with van der Waals surface area (Å²) in [6, 6.07) is 12.9. The van der Waals surface area contributed by atoms with Gasteiger partial charge >= 0.3 is 5.97 Å². The number of thiophene rings is 1. The van der Waals surface area contributed by atoms with Crippen molar-refractivity contribution in [1.82, 2.24) is 4.98 Å². The van der Waals surface area contributed by atoms with Gasteiger partial charge in [0.15, 0.2) is 11.5 Å². The number of benzene rings is 2. The van der Waals surface area contributed by atoms with E-state index in [0.717, 1.165) is 20.7 Å². The smallest absolute Gasteiger partial charge is 0.348 e. The Morgan fingerprint density at radius 2 is 1.85 bits per heavy atom. The van der Waals surface area contributed by atoms with Gasteiger partial charge in [-0.05, 0) is 54.8 Å². The first-order chi connectivity index (χ1) is 16.0. The Labute approximate surface area is 198 Å². The van der Waals surface area contributed by atoms with Gasteiger partial charge in [-0.2, -0.15) is 0 Å². The van der Waals surface area contributed by atoms with Crippen molar-refractivity contribution in [3.05, 3.63) is 58.4 Å². The van der Waals surface area contributed by atoms with Crippen LogP contribution < -0.4 is 14.8 Å². The van der Waals surface area contributed by atoms with Crippen molar-refractivity contribution < 1.29 is 23.8 Å². The summed E-state index contributed by atoms with van der Waals surface area (Å²) in [5.41, 5.74) is 2.24. The van der Waals surface area contributed by atoms with Crippen molar-refractivity contribution in [3.8, 4) is 22.1 Å². The summed E-state index contributed by atoms with van der Waals surface area (Å²) in [6.45, 7) is 2.11. The van der Waals surface area contributed by atoms with Crippen LogP contribution >= 0.6 is 22.7 Å². The fraction of sp³-hybridized carbons (Fsp3) is 0.208. The second-order valence-corrected chi connectivity index (χ2v) is 8.96. The molecule has 0 saturated heterocycles. The van der Waals surface area contributed by atoms with E-state index < -0.39 is 0 Å². The number of hydrogen-bond acceptors (Lipinski definition) is 8. The Morgan fingerprint density at radius 3 is 2.61 bits per heavy atom. The monoisotopic (exact) mass is 482 g/mol. The zero-order valence-electron chi connectivity index (χ0n) is 18.3. The minimum atomic E-state index is -0.335. The standard InChI is InChI=1S/C24H22N2O5S2/c1-4-31-24(28)21-11-15-9-16(6-8-20(15)33-21)25-22(27)12-17-13-32-23(26-17)14-5-7-18(29-2)19(10-14)30-3/h5-11,13H,4,12H2,1-3H3,(H,25,27). The molecule has 0 bridgehead atoms. The molecule has 2 aromatic carbocycles. The average Bonchev–Trinajstić information content (AvgIpc) is 3.45. The number of amides is 1. The second kappa shape index (κ2) is 10.0. The van der Waals surface area contributed by atoms with E-state index in [1.54, 1.807) is 27.2 Å². The van der Waals surface area contributed by atoms with E-state index in [0.29, 0.717) is 34.4 Å². The third-order valence-electron chi connectivity index (χ3n) is 4.80. The molecular formula is C24H22N2O5S2. The lowest BCUT2D eigenvalue weighted by Gasteiger charge is -2.08. The molecule has 33 heavy (non-hydrogen) atoms. The van der Waals surface area contributed by atoms with Crippen LogP contribution in [0.1, 0.15) is 22.3 Å². The summed E-state index contributed by atoms with van der Waals surface area (Å²) in [4.78, 5) is 29.7. The fourth-order valence-electron chi connectivity index (χ4n) is 3.28. The van der Waals surface area contributed by atoms with E-state index in [9.17, 15) is 9.59 Å². The predicted octanol–water partition coefficient (Wildman–Crippen LogP) is 5.40. The van der Waals surface area contributed by atoms with E-state index >= 15 is 0 Å². The van der Waals surface area contributed by atoms with Crippen molar-refractivity contribution in [1.29, 1.82) is 0 Å². The summed E-state index contributed by atoms with van der Waals surface area (Å²) in [5.74, 6) is 0.770. The van der Waals surface area contributed by atoms with Gasteiger partial charge in [0.1, 0.15) is 9.88 Å². The van der Waals surface area contributed by atoms with Crippen LogP contribution in [0.5, 0.6) is 11.5 Å². The van der Waals surface area contributed by atoms with Gasteiger partial charge in [-0.25, -0.2) is 9.78 Å². The van der Waals surface area contributed by atoms with Gasteiger partial charge in [-0.3, -0.25) is 4.79 Å². The number of carbonyl (C=O) groups excluding carboxylic acids is 2. The lowest BCUT2D eigenvalue weighted by molar-refractivity contribution is -0.115. The maximum absolute atomic E-state index is 12.6. The Kier molecular flexibility index (Phi) is 6.90. The van der Waals surface area contributed by atoms with E-state index in [1.807, 2.05) is 41.8 Å². The van der Waals surface area contributed by atoms with Crippen LogP contribution in [-0.2, 0) is 16.0 Å². The molecule has 4 aromatic rings. The molecule has 2 heterocycles. The summed E-state index contributed by atoms with van der Waals surface area (Å²) >= 11 is 2.83. The summed E-state index contributed by atoms with van der Waals surface area (Å²) < 4.78 is 16.6. The number of ether oxygens (including phenoxy) is 3. The van der Waals surface area contributed by atoms with Crippen LogP contribution in [0.2, 0.25) is 0 Å². The van der Waals surface area contributed by atoms with Gasteiger partial charge in [0.05, 0.1) is 32.9 Å². The molecule has 0 aliphatic carbocycles. The molecule has 0 fully saturated rings. The van der Waals surface area contributed by atoms with E-state index in [1.165, 1.54) is 22.7 Å². The van der Waals surface area contributed by atoms with E-state index in [4.69, 9.17) is 14.2 Å². The number of rotatable bonds is 8. The van der Waals surface area contributed by atoms with Gasteiger partial charge in [0.2, 0.25) is 5.91 Å². The number of esters is 1. The highest BCUT2D eigenvalue weighted by Crippen LogP contribution is 2.34. The lowest BCUT2D eigenvalue weighted by Crippen LogP contribution is -2.14. The fourth-order valence-corrected chi connectivity index (χ4v) is 5.04. The minimum absolute atomic E-state index is 0.152. The van der Waals surface area contributed by atoms with Crippen LogP contribution in [0.4, 0.5) is 5.69 Å². The van der Waals surface area contributed by atoms with Crippen molar-refractivity contribution in [3.63, 3.8) is 0 Å². The number of nitrogens with one attached hydrogen (secondary N) is 1. The van der Waals surface area contributed by atoms with E-state index in [2.05, 4.69) is 10.3 Å². The van der Waals surface area contributed by atoms with Gasteiger partial charge in [-0.1, -0.05) is 0 Å². The maximum atomic E-state index is 12.6. The number of thiazole rings is 1. The highest BCUT2D eigenvalue weighted by atomic mass is 32.1. The first kappa shape index (κ1) is 22.8. The van der Waals surface area contributed by atoms with Crippen molar-refractivity contribution >= 4 is 50.3 Å². The molecule has 0 spiro atoms. The third kappa shape index (κ3) is 5.15. The van der Waals surface area contributed by atoms with Crippen LogP contribution in [0, 0.1) is 0 Å². The number of hydrogen-bond donors (Lipinski definition) is 1. The molecule has 0 aliphatic rings. The number of aromatic nitrogens is 1. The zero-order valence-corrected chi connectivity index (χ0v) is 20.0. The largest absolute Gasteiger partial charge is 0.493 e. The molecule has 2 aromatic heterocycles. The number of nitrogens with zero attached hydrogens (tertiary/aromatic N) is 1. The molecule has 0 aliphatic heterocycles. The average molecular weight is 483 g/mol. The first-order valence-corrected chi connectivity index (χ1v) is 11.9. The number of carbonyl (C=O) groups is 2. The predicted molar refractivity (Wildman–Crippen MR) is 131 cm³/mol. The normalized spacial score (nSPS) is 10.8. The molecule has 9 heteroatoms. The maximum Gasteiger partial charge on any atom is 0.348 e. The minimum Gasteiger partial charge on any atom is -0.493 e. The summed E-state index contributed by atoms with van der Waals surface area (Å²) in [6.07, 6.45) is 0.152. The van der Waals surface area contributed by atoms with Gasteiger partial charge in [0.25, 0.3) is 0 Å². The number of methoxy groups -OCH3 is 2. The van der Waals surface area contributed by atoms with Crippen LogP contribution in [-0.4, -0.2) is 37.7 Å². The Hall–Kier alpha value is -3.43. The molecule has 0 unspecified atom stereocenters. The highest BCUT2D eigenvalue weighted by molar-refractivity contribution is 7.20. The Balaban J connectivity index is 1.43. The molecular weight excluding hydrogens is 460 g/mol. The van der Waals surface area contributed by atoms with E-state index in [-0.39, 0.29) is 18.3 Å². The SMILES string of the molecule is CCOC(=O)c1cc2cc(NC(=O)Cc3csc(-c4ccc(OC)c(OC)c4)n3)ccc2s1. The topological polar surface area (TPSA) is 86.8 Å². The van der Waals surface area contributed by atoms with Crippen molar-refractivity contribution in [2.24, 2.45) is 0 Å². The molecule has 0 atom stereocenters. The molecule has 4 rings (SSSR count). The van der Waals surface area contributed by atoms with Crippen LogP contribution in [0.25, 0.3) is 20.7 Å². The van der Waals surface area contributed by atoms with Crippen LogP contribution in [0.3, 0.4) is 0 Å². The van der Waals surface area contributed by atoms with Crippen molar-refractivity contribution in [2.75, 3.05) is 26.1 Å². The molecule has 1 N–H and O–H groups in total.